The average Bonchev–Trinajstić information content (AvgIpc) is 2.18. The molecule has 0 spiro atoms. The molecule has 0 aliphatic heterocycles. The molecule has 1 aromatic carbocycles. The zero-order valence-corrected chi connectivity index (χ0v) is 9.08. The van der Waals surface area contributed by atoms with Gasteiger partial charge < -0.3 is 4.74 Å². The van der Waals surface area contributed by atoms with Crippen LogP contribution < -0.4 is 4.74 Å². The van der Waals surface area contributed by atoms with Crippen LogP contribution in [0.2, 0.25) is 0 Å². The summed E-state index contributed by atoms with van der Waals surface area (Å²) in [6.45, 7) is -2.88. The molecule has 0 fully saturated rings. The Morgan fingerprint density at radius 1 is 1.40 bits per heavy atom. The highest BCUT2D eigenvalue weighted by atomic mass is 79.9. The van der Waals surface area contributed by atoms with Crippen molar-refractivity contribution < 1.29 is 18.3 Å². The molecule has 0 aliphatic rings. The first-order valence-corrected chi connectivity index (χ1v) is 4.79. The third-order valence-electron chi connectivity index (χ3n) is 1.54. The number of aldehydes is 1. The number of alkyl halides is 2. The monoisotopic (exact) mass is 276 g/mol. The summed E-state index contributed by atoms with van der Waals surface area (Å²) in [7, 11) is 0. The van der Waals surface area contributed by atoms with E-state index in [1.165, 1.54) is 18.2 Å². The van der Waals surface area contributed by atoms with E-state index in [1.807, 2.05) is 0 Å². The van der Waals surface area contributed by atoms with Crippen LogP contribution in [0.5, 0.6) is 5.75 Å². The summed E-state index contributed by atoms with van der Waals surface area (Å²) in [6.07, 6.45) is 3.17. The molecule has 0 amide bonds. The van der Waals surface area contributed by atoms with E-state index in [9.17, 15) is 13.6 Å². The predicted octanol–water partition coefficient (Wildman–Crippen LogP) is 3.26. The number of carbonyl (C=O) groups is 1. The molecule has 0 bridgehead atoms. The van der Waals surface area contributed by atoms with E-state index >= 15 is 0 Å². The summed E-state index contributed by atoms with van der Waals surface area (Å²) in [6, 6.07) is 4.56. The van der Waals surface area contributed by atoms with Gasteiger partial charge in [-0.05, 0) is 30.4 Å². The molecule has 0 unspecified atom stereocenters. The molecule has 0 aromatic heterocycles. The molecule has 0 N–H and O–H groups in total. The van der Waals surface area contributed by atoms with Crippen LogP contribution in [0.4, 0.5) is 8.78 Å². The molecule has 0 saturated carbocycles. The molecule has 0 radical (unpaired) electrons. The highest BCUT2D eigenvalue weighted by molar-refractivity contribution is 9.10. The molecule has 1 aromatic rings. The quantitative estimate of drug-likeness (QED) is 0.623. The van der Waals surface area contributed by atoms with Gasteiger partial charge in [0.1, 0.15) is 12.0 Å². The molecule has 15 heavy (non-hydrogen) atoms. The summed E-state index contributed by atoms with van der Waals surface area (Å²) in [4.78, 5) is 10.1. The Hall–Kier alpha value is -1.23. The van der Waals surface area contributed by atoms with Crippen molar-refractivity contribution in [3.05, 3.63) is 34.3 Å². The minimum Gasteiger partial charge on any atom is -0.434 e. The molecular weight excluding hydrogens is 270 g/mol. The smallest absolute Gasteiger partial charge is 0.387 e. The fraction of sp³-hybridized carbons (Fsp3) is 0.100. The van der Waals surface area contributed by atoms with Crippen molar-refractivity contribution in [2.75, 3.05) is 0 Å². The molecular formula is C10H7BrF2O2. The van der Waals surface area contributed by atoms with Crippen molar-refractivity contribution in [3.63, 3.8) is 0 Å². The maximum atomic E-state index is 12.0. The topological polar surface area (TPSA) is 26.3 Å². The number of halogens is 3. The van der Waals surface area contributed by atoms with Crippen LogP contribution in [-0.4, -0.2) is 12.9 Å². The standard InChI is InChI=1S/C10H7BrF2O2/c11-8-3-4-9(15-10(12)13)7(6-8)2-1-5-14/h1-6,10H. The maximum Gasteiger partial charge on any atom is 0.387 e. The fourth-order valence-electron chi connectivity index (χ4n) is 0.996. The van der Waals surface area contributed by atoms with Gasteiger partial charge in [-0.25, -0.2) is 0 Å². The second-order valence-corrected chi connectivity index (χ2v) is 3.47. The number of benzene rings is 1. The Labute approximate surface area is 93.7 Å². The number of allylic oxidation sites excluding steroid dienone is 1. The molecule has 0 saturated heterocycles. The second kappa shape index (κ2) is 5.60. The number of carbonyl (C=O) groups excluding carboxylic acids is 1. The van der Waals surface area contributed by atoms with Crippen LogP contribution in [-0.2, 0) is 4.79 Å². The Morgan fingerprint density at radius 3 is 2.73 bits per heavy atom. The van der Waals surface area contributed by atoms with Gasteiger partial charge in [0.2, 0.25) is 0 Å². The maximum absolute atomic E-state index is 12.0. The van der Waals surface area contributed by atoms with E-state index in [0.717, 1.165) is 4.47 Å². The van der Waals surface area contributed by atoms with Gasteiger partial charge in [0.25, 0.3) is 0 Å². The predicted molar refractivity (Wildman–Crippen MR) is 55.9 cm³/mol. The van der Waals surface area contributed by atoms with Crippen LogP contribution in [0.3, 0.4) is 0 Å². The summed E-state index contributed by atoms with van der Waals surface area (Å²) in [5, 5.41) is 0. The number of hydrogen-bond acceptors (Lipinski definition) is 2. The van der Waals surface area contributed by atoms with Crippen LogP contribution in [0.15, 0.2) is 28.7 Å². The van der Waals surface area contributed by atoms with E-state index < -0.39 is 6.61 Å². The van der Waals surface area contributed by atoms with Gasteiger partial charge in [-0.2, -0.15) is 8.78 Å². The van der Waals surface area contributed by atoms with E-state index in [0.29, 0.717) is 11.8 Å². The van der Waals surface area contributed by atoms with E-state index in [-0.39, 0.29) is 5.75 Å². The Balaban J connectivity index is 3.02. The van der Waals surface area contributed by atoms with Gasteiger partial charge in [-0.3, -0.25) is 4.79 Å². The molecule has 5 heteroatoms. The molecule has 2 nitrogen and oxygen atoms in total. The van der Waals surface area contributed by atoms with Crippen molar-refractivity contribution in [2.24, 2.45) is 0 Å². The molecule has 1 rings (SSSR count). The zero-order valence-electron chi connectivity index (χ0n) is 7.49. The summed E-state index contributed by atoms with van der Waals surface area (Å²) in [5.41, 5.74) is 0.414. The van der Waals surface area contributed by atoms with E-state index in [2.05, 4.69) is 20.7 Å². The first-order valence-electron chi connectivity index (χ1n) is 3.99. The summed E-state index contributed by atoms with van der Waals surface area (Å²) < 4.78 is 29.0. The summed E-state index contributed by atoms with van der Waals surface area (Å²) in [5.74, 6) is 0.0336. The molecule has 80 valence electrons. The minimum atomic E-state index is -2.88. The third-order valence-corrected chi connectivity index (χ3v) is 2.04. The fourth-order valence-corrected chi connectivity index (χ4v) is 1.37. The Kier molecular flexibility index (Phi) is 4.42. The lowest BCUT2D eigenvalue weighted by Gasteiger charge is -2.07. The average molecular weight is 277 g/mol. The minimum absolute atomic E-state index is 0.0336. The van der Waals surface area contributed by atoms with Crippen LogP contribution >= 0.6 is 15.9 Å². The number of rotatable bonds is 4. The zero-order chi connectivity index (χ0) is 11.3. The normalized spacial score (nSPS) is 10.9. The van der Waals surface area contributed by atoms with Crippen molar-refractivity contribution in [1.29, 1.82) is 0 Å². The largest absolute Gasteiger partial charge is 0.434 e. The van der Waals surface area contributed by atoms with Crippen molar-refractivity contribution in [1.82, 2.24) is 0 Å². The number of hydrogen-bond donors (Lipinski definition) is 0. The van der Waals surface area contributed by atoms with Gasteiger partial charge in [-0.15, -0.1) is 0 Å². The Bertz CT molecular complexity index is 378. The lowest BCUT2D eigenvalue weighted by Crippen LogP contribution is -2.03. The molecule has 0 aliphatic carbocycles. The second-order valence-electron chi connectivity index (χ2n) is 2.56. The highest BCUT2D eigenvalue weighted by Gasteiger charge is 2.07. The van der Waals surface area contributed by atoms with Gasteiger partial charge >= 0.3 is 6.61 Å². The molecule has 0 atom stereocenters. The van der Waals surface area contributed by atoms with Gasteiger partial charge in [0.15, 0.2) is 0 Å². The molecule has 0 heterocycles. The van der Waals surface area contributed by atoms with Crippen LogP contribution in [0, 0.1) is 0 Å². The van der Waals surface area contributed by atoms with E-state index in [4.69, 9.17) is 0 Å². The van der Waals surface area contributed by atoms with Gasteiger partial charge in [0.05, 0.1) is 0 Å². The third kappa shape index (κ3) is 3.79. The van der Waals surface area contributed by atoms with Crippen molar-refractivity contribution >= 4 is 28.3 Å². The Morgan fingerprint density at radius 2 is 2.13 bits per heavy atom. The van der Waals surface area contributed by atoms with Gasteiger partial charge in [0, 0.05) is 10.0 Å². The highest BCUT2D eigenvalue weighted by Crippen LogP contribution is 2.25. The SMILES string of the molecule is O=CC=Cc1cc(Br)ccc1OC(F)F. The summed E-state index contributed by atoms with van der Waals surface area (Å²) >= 11 is 3.19. The van der Waals surface area contributed by atoms with Crippen LogP contribution in [0.1, 0.15) is 5.56 Å². The van der Waals surface area contributed by atoms with Crippen molar-refractivity contribution in [2.45, 2.75) is 6.61 Å². The first-order chi connectivity index (χ1) is 7.13. The van der Waals surface area contributed by atoms with Crippen molar-refractivity contribution in [3.8, 4) is 5.75 Å². The number of ether oxygens (including phenoxy) is 1. The lowest BCUT2D eigenvalue weighted by atomic mass is 10.2. The lowest BCUT2D eigenvalue weighted by molar-refractivity contribution is -0.104. The van der Waals surface area contributed by atoms with E-state index in [1.54, 1.807) is 12.1 Å². The van der Waals surface area contributed by atoms with Crippen LogP contribution in [0.25, 0.3) is 6.08 Å². The first kappa shape index (κ1) is 11.8. The van der Waals surface area contributed by atoms with Gasteiger partial charge in [-0.1, -0.05) is 15.9 Å².